The Kier molecular flexibility index (Phi) is 7.48. The van der Waals surface area contributed by atoms with E-state index < -0.39 is 0 Å². The summed E-state index contributed by atoms with van der Waals surface area (Å²) < 4.78 is 2.17. The van der Waals surface area contributed by atoms with Gasteiger partial charge in [0.1, 0.15) is 12.1 Å². The van der Waals surface area contributed by atoms with Crippen LogP contribution in [0, 0.1) is 45.3 Å². The van der Waals surface area contributed by atoms with Crippen LogP contribution in [0.15, 0.2) is 128 Å². The normalized spacial score (nSPS) is 10.7. The molecule has 0 saturated carbocycles. The lowest BCUT2D eigenvalue weighted by Crippen LogP contribution is -2.01. The standard InChI is InChI=1S/C42H21N9/c43-18-26-3-1-5-30(13-26)32-7-10-35-36-11-8-33(31-6-2-4-27(14-31)19-44)17-40(36)51(39(35)16-32)38-12-9-34(41-47-22-28(20-45)23-48-41)15-37(38)42-49-24-29(21-46)25-50-42/h1-17,22-25H. The Morgan fingerprint density at radius 3 is 1.35 bits per heavy atom. The van der Waals surface area contributed by atoms with Gasteiger partial charge in [-0.25, -0.2) is 19.9 Å². The van der Waals surface area contributed by atoms with Crippen LogP contribution in [0.3, 0.4) is 0 Å². The molecular formula is C42H21N9. The average molecular weight is 652 g/mol. The molecule has 3 heterocycles. The number of hydrogen-bond donors (Lipinski definition) is 0. The minimum Gasteiger partial charge on any atom is -0.308 e. The number of rotatable bonds is 5. The van der Waals surface area contributed by atoms with Gasteiger partial charge in [0.25, 0.3) is 0 Å². The molecule has 0 unspecified atom stereocenters. The molecule has 234 valence electrons. The van der Waals surface area contributed by atoms with Crippen molar-refractivity contribution < 1.29 is 0 Å². The molecule has 0 bridgehead atoms. The fourth-order valence-electron chi connectivity index (χ4n) is 6.28. The van der Waals surface area contributed by atoms with Gasteiger partial charge in [-0.1, -0.05) is 48.5 Å². The third-order valence-corrected chi connectivity index (χ3v) is 8.72. The van der Waals surface area contributed by atoms with Crippen molar-refractivity contribution in [1.82, 2.24) is 24.5 Å². The van der Waals surface area contributed by atoms with Gasteiger partial charge in [0.15, 0.2) is 11.6 Å². The molecule has 5 aromatic carbocycles. The molecule has 0 amide bonds. The summed E-state index contributed by atoms with van der Waals surface area (Å²) in [5.74, 6) is 0.822. The summed E-state index contributed by atoms with van der Waals surface area (Å²) >= 11 is 0. The predicted octanol–water partition coefficient (Wildman–Crippen LogP) is 8.52. The maximum atomic E-state index is 9.60. The maximum Gasteiger partial charge on any atom is 0.161 e. The molecule has 51 heavy (non-hydrogen) atoms. The smallest absolute Gasteiger partial charge is 0.161 e. The maximum absolute atomic E-state index is 9.60. The van der Waals surface area contributed by atoms with Crippen molar-refractivity contribution in [3.05, 3.63) is 150 Å². The van der Waals surface area contributed by atoms with Crippen LogP contribution in [-0.4, -0.2) is 24.5 Å². The average Bonchev–Trinajstić information content (AvgIpc) is 3.53. The molecule has 0 saturated heterocycles. The van der Waals surface area contributed by atoms with Crippen molar-refractivity contribution >= 4 is 21.8 Å². The molecule has 0 spiro atoms. The van der Waals surface area contributed by atoms with E-state index in [-0.39, 0.29) is 0 Å². The van der Waals surface area contributed by atoms with Crippen molar-refractivity contribution in [3.63, 3.8) is 0 Å². The molecule has 8 rings (SSSR count). The Hall–Kier alpha value is -7.98. The topological polar surface area (TPSA) is 152 Å². The van der Waals surface area contributed by atoms with Gasteiger partial charge in [-0.05, 0) is 76.9 Å². The molecule has 9 nitrogen and oxygen atoms in total. The summed E-state index contributed by atoms with van der Waals surface area (Å²) in [6.07, 6.45) is 5.94. The number of benzene rings is 5. The van der Waals surface area contributed by atoms with Crippen molar-refractivity contribution in [2.75, 3.05) is 0 Å². The van der Waals surface area contributed by atoms with Crippen LogP contribution in [0.4, 0.5) is 0 Å². The quantitative estimate of drug-likeness (QED) is 0.180. The largest absolute Gasteiger partial charge is 0.308 e. The third kappa shape index (κ3) is 5.46. The van der Waals surface area contributed by atoms with E-state index in [1.54, 1.807) is 12.1 Å². The van der Waals surface area contributed by atoms with Gasteiger partial charge in [0, 0.05) is 46.7 Å². The first-order valence-electron chi connectivity index (χ1n) is 15.8. The number of aromatic nitrogens is 5. The van der Waals surface area contributed by atoms with Gasteiger partial charge in [-0.2, -0.15) is 21.0 Å². The van der Waals surface area contributed by atoms with Crippen molar-refractivity contribution in [3.8, 4) is 75.0 Å². The van der Waals surface area contributed by atoms with E-state index >= 15 is 0 Å². The van der Waals surface area contributed by atoms with Crippen molar-refractivity contribution in [1.29, 1.82) is 21.0 Å². The Labute approximate surface area is 291 Å². The predicted molar refractivity (Wildman–Crippen MR) is 193 cm³/mol. The summed E-state index contributed by atoms with van der Waals surface area (Å²) in [6.45, 7) is 0. The molecule has 9 heteroatoms. The highest BCUT2D eigenvalue weighted by atomic mass is 15.0. The summed E-state index contributed by atoms with van der Waals surface area (Å²) in [6, 6.07) is 42.0. The Balaban J connectivity index is 1.44. The zero-order valence-electron chi connectivity index (χ0n) is 26.6. The van der Waals surface area contributed by atoms with E-state index in [1.807, 2.05) is 54.6 Å². The van der Waals surface area contributed by atoms with E-state index in [1.165, 1.54) is 24.8 Å². The van der Waals surface area contributed by atoms with Gasteiger partial charge in [0.05, 0.1) is 51.1 Å². The zero-order chi connectivity index (χ0) is 34.9. The Bertz CT molecular complexity index is 2730. The van der Waals surface area contributed by atoms with Crippen LogP contribution in [0.25, 0.3) is 72.5 Å². The second kappa shape index (κ2) is 12.6. The van der Waals surface area contributed by atoms with Crippen LogP contribution in [0.1, 0.15) is 22.3 Å². The van der Waals surface area contributed by atoms with E-state index in [0.29, 0.717) is 45.0 Å². The fourth-order valence-corrected chi connectivity index (χ4v) is 6.28. The fraction of sp³-hybridized carbons (Fsp3) is 0. The molecule has 0 aliphatic heterocycles. The van der Waals surface area contributed by atoms with Crippen LogP contribution in [0.2, 0.25) is 0 Å². The number of fused-ring (bicyclic) bond motifs is 3. The first kappa shape index (κ1) is 30.4. The molecular weight excluding hydrogens is 631 g/mol. The Morgan fingerprint density at radius 1 is 0.412 bits per heavy atom. The SMILES string of the molecule is N#Cc1cnc(-c2ccc(-n3c4cc(-c5cccc(C#N)c5)ccc4c4ccc(-c5cccc(C#N)c5)cc43)c(-c3ncc(C#N)cn3)c2)nc1. The molecule has 0 radical (unpaired) electrons. The van der Waals surface area contributed by atoms with Crippen LogP contribution >= 0.6 is 0 Å². The Morgan fingerprint density at radius 2 is 0.863 bits per heavy atom. The summed E-state index contributed by atoms with van der Waals surface area (Å²) in [5, 5.41) is 40.0. The van der Waals surface area contributed by atoms with Gasteiger partial charge in [-0.15, -0.1) is 0 Å². The summed E-state index contributed by atoms with van der Waals surface area (Å²) in [5.41, 5.74) is 9.44. The third-order valence-electron chi connectivity index (χ3n) is 8.72. The molecule has 0 atom stereocenters. The lowest BCUT2D eigenvalue weighted by atomic mass is 10.0. The molecule has 3 aromatic heterocycles. The second-order valence-electron chi connectivity index (χ2n) is 11.7. The number of nitrogens with zero attached hydrogens (tertiary/aromatic N) is 9. The van der Waals surface area contributed by atoms with Crippen LogP contribution < -0.4 is 0 Å². The van der Waals surface area contributed by atoms with E-state index in [2.05, 4.69) is 85.2 Å². The van der Waals surface area contributed by atoms with Crippen molar-refractivity contribution in [2.24, 2.45) is 0 Å². The molecule has 8 aromatic rings. The lowest BCUT2D eigenvalue weighted by molar-refractivity contribution is 1.12. The van der Waals surface area contributed by atoms with Gasteiger partial charge in [0.2, 0.25) is 0 Å². The van der Waals surface area contributed by atoms with Gasteiger partial charge in [-0.3, -0.25) is 0 Å². The minimum absolute atomic E-state index is 0.331. The highest BCUT2D eigenvalue weighted by Crippen LogP contribution is 2.40. The molecule has 0 N–H and O–H groups in total. The molecule has 0 aliphatic carbocycles. The van der Waals surface area contributed by atoms with E-state index in [0.717, 1.165) is 49.7 Å². The second-order valence-corrected chi connectivity index (χ2v) is 11.7. The van der Waals surface area contributed by atoms with Gasteiger partial charge < -0.3 is 4.57 Å². The highest BCUT2D eigenvalue weighted by Gasteiger charge is 2.20. The number of hydrogen-bond acceptors (Lipinski definition) is 8. The first-order chi connectivity index (χ1) is 25.1. The molecule has 0 fully saturated rings. The van der Waals surface area contributed by atoms with E-state index in [9.17, 15) is 21.0 Å². The zero-order valence-corrected chi connectivity index (χ0v) is 26.6. The van der Waals surface area contributed by atoms with Crippen LogP contribution in [0.5, 0.6) is 0 Å². The van der Waals surface area contributed by atoms with Gasteiger partial charge >= 0.3 is 0 Å². The van der Waals surface area contributed by atoms with Crippen LogP contribution in [-0.2, 0) is 0 Å². The number of nitriles is 4. The van der Waals surface area contributed by atoms with E-state index in [4.69, 9.17) is 0 Å². The minimum atomic E-state index is 0.331. The highest BCUT2D eigenvalue weighted by molar-refractivity contribution is 6.11. The summed E-state index contributed by atoms with van der Waals surface area (Å²) in [4.78, 5) is 18.0. The first-order valence-corrected chi connectivity index (χ1v) is 15.8. The molecule has 0 aliphatic rings. The summed E-state index contributed by atoms with van der Waals surface area (Å²) in [7, 11) is 0. The lowest BCUT2D eigenvalue weighted by Gasteiger charge is -2.15. The van der Waals surface area contributed by atoms with Crippen molar-refractivity contribution in [2.45, 2.75) is 0 Å². The monoisotopic (exact) mass is 651 g/mol.